The maximum atomic E-state index is 11.2. The zero-order valence-electron chi connectivity index (χ0n) is 14.6. The third kappa shape index (κ3) is 5.28. The summed E-state index contributed by atoms with van der Waals surface area (Å²) in [6.45, 7) is 0. The minimum absolute atomic E-state index is 0.235. The standard InChI is InChI=1S/C9H11NO3.C8H10N2O3/c1-12-8-5-6(10)3-4-7(8)9(11)13-2;1-13-7-4-5(9)2-3-6(7)8(11)10-12/h3-5H,10H2,1-2H3;2-4,12H,9H2,1H3,(H,10,11). The molecule has 0 saturated heterocycles. The Morgan fingerprint density at radius 3 is 1.77 bits per heavy atom. The molecule has 0 fully saturated rings. The Balaban J connectivity index is 0.000000260. The molecule has 2 aromatic carbocycles. The number of esters is 1. The van der Waals surface area contributed by atoms with Gasteiger partial charge in [0.2, 0.25) is 0 Å². The Morgan fingerprint density at radius 2 is 1.35 bits per heavy atom. The number of carbonyl (C=O) groups is 2. The molecule has 26 heavy (non-hydrogen) atoms. The molecular weight excluding hydrogens is 342 g/mol. The Kier molecular flexibility index (Phi) is 7.71. The summed E-state index contributed by atoms with van der Waals surface area (Å²) in [4.78, 5) is 22.2. The molecule has 6 N–H and O–H groups in total. The number of nitrogen functional groups attached to an aromatic ring is 2. The van der Waals surface area contributed by atoms with Gasteiger partial charge in [-0.3, -0.25) is 10.0 Å². The summed E-state index contributed by atoms with van der Waals surface area (Å²) >= 11 is 0. The zero-order valence-corrected chi connectivity index (χ0v) is 14.6. The summed E-state index contributed by atoms with van der Waals surface area (Å²) < 4.78 is 14.4. The molecule has 1 amide bonds. The van der Waals surface area contributed by atoms with Crippen LogP contribution >= 0.6 is 0 Å². The van der Waals surface area contributed by atoms with Crippen molar-refractivity contribution in [1.29, 1.82) is 0 Å². The Morgan fingerprint density at radius 1 is 0.885 bits per heavy atom. The van der Waals surface area contributed by atoms with E-state index in [1.165, 1.54) is 38.9 Å². The number of benzene rings is 2. The van der Waals surface area contributed by atoms with Crippen molar-refractivity contribution in [3.63, 3.8) is 0 Å². The third-order valence-corrected chi connectivity index (χ3v) is 3.20. The highest BCUT2D eigenvalue weighted by atomic mass is 16.5. The number of rotatable bonds is 4. The van der Waals surface area contributed by atoms with Crippen molar-refractivity contribution in [3.05, 3.63) is 47.5 Å². The molecule has 9 nitrogen and oxygen atoms in total. The number of nitrogens with two attached hydrogens (primary N) is 2. The maximum Gasteiger partial charge on any atom is 0.341 e. The number of hydrogen-bond donors (Lipinski definition) is 4. The number of carbonyl (C=O) groups excluding carboxylic acids is 2. The van der Waals surface area contributed by atoms with Crippen LogP contribution in [-0.2, 0) is 4.74 Å². The van der Waals surface area contributed by atoms with E-state index in [2.05, 4.69) is 4.74 Å². The van der Waals surface area contributed by atoms with E-state index in [4.69, 9.17) is 26.1 Å². The first-order valence-corrected chi connectivity index (χ1v) is 7.27. The van der Waals surface area contributed by atoms with Gasteiger partial charge in [-0.2, -0.15) is 0 Å². The second-order valence-electron chi connectivity index (χ2n) is 4.85. The van der Waals surface area contributed by atoms with Gasteiger partial charge in [0, 0.05) is 23.5 Å². The van der Waals surface area contributed by atoms with Gasteiger partial charge in [0.05, 0.1) is 26.9 Å². The van der Waals surface area contributed by atoms with Crippen molar-refractivity contribution < 1.29 is 29.0 Å². The molecule has 0 spiro atoms. The van der Waals surface area contributed by atoms with Crippen molar-refractivity contribution in [3.8, 4) is 11.5 Å². The lowest BCUT2D eigenvalue weighted by atomic mass is 10.2. The van der Waals surface area contributed by atoms with Crippen molar-refractivity contribution in [2.24, 2.45) is 0 Å². The molecule has 0 heterocycles. The van der Waals surface area contributed by atoms with E-state index >= 15 is 0 Å². The highest BCUT2D eigenvalue weighted by Crippen LogP contribution is 2.22. The van der Waals surface area contributed by atoms with E-state index in [-0.39, 0.29) is 5.56 Å². The van der Waals surface area contributed by atoms with Gasteiger partial charge >= 0.3 is 5.97 Å². The second kappa shape index (κ2) is 9.74. The van der Waals surface area contributed by atoms with Crippen molar-refractivity contribution in [1.82, 2.24) is 5.48 Å². The van der Waals surface area contributed by atoms with Crippen molar-refractivity contribution in [2.75, 3.05) is 32.8 Å². The summed E-state index contributed by atoms with van der Waals surface area (Å²) in [5.41, 5.74) is 14.1. The SMILES string of the molecule is COC(=O)c1ccc(N)cc1OC.COc1cc(N)ccc1C(=O)NO. The molecule has 0 unspecified atom stereocenters. The lowest BCUT2D eigenvalue weighted by molar-refractivity contribution is 0.0596. The fourth-order valence-corrected chi connectivity index (χ4v) is 1.94. The fraction of sp³-hybridized carbons (Fsp3) is 0.176. The lowest BCUT2D eigenvalue weighted by Gasteiger charge is -2.06. The molecule has 140 valence electrons. The average molecular weight is 363 g/mol. The van der Waals surface area contributed by atoms with Gasteiger partial charge < -0.3 is 25.7 Å². The predicted octanol–water partition coefficient (Wildman–Crippen LogP) is 1.46. The molecular formula is C17H21N3O6. The first-order chi connectivity index (χ1) is 12.4. The van der Waals surface area contributed by atoms with Gasteiger partial charge in [-0.05, 0) is 24.3 Å². The van der Waals surface area contributed by atoms with Crippen molar-refractivity contribution >= 4 is 23.3 Å². The van der Waals surface area contributed by atoms with Crippen LogP contribution < -0.4 is 26.4 Å². The topological polar surface area (TPSA) is 146 Å². The van der Waals surface area contributed by atoms with Crippen LogP contribution in [0.15, 0.2) is 36.4 Å². The molecule has 0 aliphatic rings. The van der Waals surface area contributed by atoms with E-state index in [0.717, 1.165) is 0 Å². The summed E-state index contributed by atoms with van der Waals surface area (Å²) in [7, 11) is 4.21. The molecule has 0 aliphatic carbocycles. The number of hydrogen-bond acceptors (Lipinski definition) is 8. The lowest BCUT2D eigenvalue weighted by Crippen LogP contribution is -2.19. The first kappa shape index (κ1) is 20.6. The van der Waals surface area contributed by atoms with Crippen LogP contribution in [0, 0.1) is 0 Å². The van der Waals surface area contributed by atoms with E-state index < -0.39 is 11.9 Å². The van der Waals surface area contributed by atoms with Crippen LogP contribution in [-0.4, -0.2) is 38.4 Å². The summed E-state index contributed by atoms with van der Waals surface area (Å²) in [6.07, 6.45) is 0. The average Bonchev–Trinajstić information content (AvgIpc) is 2.66. The number of amides is 1. The summed E-state index contributed by atoms with van der Waals surface area (Å²) in [5, 5.41) is 8.39. The highest BCUT2D eigenvalue weighted by Gasteiger charge is 2.12. The van der Waals surface area contributed by atoms with Crippen LogP contribution in [0.1, 0.15) is 20.7 Å². The summed E-state index contributed by atoms with van der Waals surface area (Å²) in [5.74, 6) is -0.313. The smallest absolute Gasteiger partial charge is 0.341 e. The van der Waals surface area contributed by atoms with Gasteiger partial charge in [-0.25, -0.2) is 10.3 Å². The number of anilines is 2. The molecule has 0 aromatic heterocycles. The molecule has 0 aliphatic heterocycles. The molecule has 2 aromatic rings. The predicted molar refractivity (Wildman–Crippen MR) is 95.4 cm³/mol. The second-order valence-corrected chi connectivity index (χ2v) is 4.85. The van der Waals surface area contributed by atoms with Crippen LogP contribution in [0.3, 0.4) is 0 Å². The quantitative estimate of drug-likeness (QED) is 0.276. The Bertz CT molecular complexity index is 714. The van der Waals surface area contributed by atoms with Crippen molar-refractivity contribution in [2.45, 2.75) is 0 Å². The molecule has 0 radical (unpaired) electrons. The van der Waals surface area contributed by atoms with E-state index in [0.29, 0.717) is 28.4 Å². The molecule has 0 saturated carbocycles. The zero-order chi connectivity index (χ0) is 19.7. The number of nitrogens with one attached hydrogen (secondary N) is 1. The molecule has 9 heteroatoms. The van der Waals surface area contributed by atoms with Crippen LogP contribution in [0.25, 0.3) is 0 Å². The fourth-order valence-electron chi connectivity index (χ4n) is 1.94. The molecule has 0 atom stereocenters. The monoisotopic (exact) mass is 363 g/mol. The minimum Gasteiger partial charge on any atom is -0.496 e. The Labute approximate surface area is 150 Å². The van der Waals surface area contributed by atoms with Gasteiger partial charge in [-0.1, -0.05) is 0 Å². The number of ether oxygens (including phenoxy) is 3. The van der Waals surface area contributed by atoms with Gasteiger partial charge in [0.25, 0.3) is 5.91 Å². The van der Waals surface area contributed by atoms with E-state index in [1.807, 2.05) is 0 Å². The largest absolute Gasteiger partial charge is 0.496 e. The van der Waals surface area contributed by atoms with Gasteiger partial charge in [-0.15, -0.1) is 0 Å². The normalized spacial score (nSPS) is 9.38. The molecule has 0 bridgehead atoms. The summed E-state index contributed by atoms with van der Waals surface area (Å²) in [6, 6.07) is 9.29. The molecule has 2 rings (SSSR count). The number of methoxy groups -OCH3 is 3. The minimum atomic E-state index is -0.628. The van der Waals surface area contributed by atoms with E-state index in [9.17, 15) is 9.59 Å². The number of hydroxylamine groups is 1. The van der Waals surface area contributed by atoms with Crippen LogP contribution in [0.4, 0.5) is 11.4 Å². The van der Waals surface area contributed by atoms with Gasteiger partial charge in [0.15, 0.2) is 0 Å². The van der Waals surface area contributed by atoms with E-state index in [1.54, 1.807) is 24.3 Å². The maximum absolute atomic E-state index is 11.2. The van der Waals surface area contributed by atoms with Crippen LogP contribution in [0.2, 0.25) is 0 Å². The first-order valence-electron chi connectivity index (χ1n) is 7.27. The highest BCUT2D eigenvalue weighted by molar-refractivity contribution is 5.96. The van der Waals surface area contributed by atoms with Gasteiger partial charge in [0.1, 0.15) is 17.1 Å². The van der Waals surface area contributed by atoms with Crippen LogP contribution in [0.5, 0.6) is 11.5 Å². The Hall–Kier alpha value is -3.46. The third-order valence-electron chi connectivity index (χ3n) is 3.20.